The fourth-order valence-corrected chi connectivity index (χ4v) is 2.99. The van der Waals surface area contributed by atoms with Gasteiger partial charge in [-0.15, -0.1) is 0 Å². The number of nitrogens with one attached hydrogen (secondary N) is 1. The van der Waals surface area contributed by atoms with Crippen LogP contribution in [0.4, 0.5) is 5.69 Å². The van der Waals surface area contributed by atoms with Gasteiger partial charge < -0.3 is 5.73 Å². The van der Waals surface area contributed by atoms with Crippen LogP contribution in [-0.2, 0) is 10.0 Å². The Labute approximate surface area is 125 Å². The number of hydrogen-bond acceptors (Lipinski definition) is 3. The van der Waals surface area contributed by atoms with E-state index in [9.17, 15) is 8.42 Å². The van der Waals surface area contributed by atoms with Crippen molar-refractivity contribution in [2.24, 2.45) is 11.7 Å². The Hall–Kier alpha value is -1.22. The first-order chi connectivity index (χ1) is 9.34. The molecule has 0 unspecified atom stereocenters. The molecule has 0 heterocycles. The molecule has 0 spiro atoms. The summed E-state index contributed by atoms with van der Waals surface area (Å²) in [6.07, 6.45) is 0.614. The van der Waals surface area contributed by atoms with Crippen LogP contribution < -0.4 is 10.5 Å². The number of rotatable bonds is 5. The van der Waals surface area contributed by atoms with E-state index in [0.717, 1.165) is 0 Å². The highest BCUT2D eigenvalue weighted by molar-refractivity contribution is 7.92. The van der Waals surface area contributed by atoms with Gasteiger partial charge in [-0.25, -0.2) is 8.42 Å². The zero-order valence-corrected chi connectivity index (χ0v) is 13.2. The molecule has 0 aliphatic rings. The predicted molar refractivity (Wildman–Crippen MR) is 84.2 cm³/mol. The topological polar surface area (TPSA) is 72.2 Å². The molecule has 0 saturated heterocycles. The van der Waals surface area contributed by atoms with Gasteiger partial charge in [-0.2, -0.15) is 0 Å². The lowest BCUT2D eigenvalue weighted by atomic mass is 10.2. The van der Waals surface area contributed by atoms with Crippen molar-refractivity contribution in [1.82, 2.24) is 0 Å². The molecule has 0 radical (unpaired) electrons. The van der Waals surface area contributed by atoms with Crippen LogP contribution >= 0.6 is 11.6 Å². The van der Waals surface area contributed by atoms with Crippen molar-refractivity contribution < 1.29 is 8.42 Å². The van der Waals surface area contributed by atoms with Crippen LogP contribution in [0.5, 0.6) is 0 Å². The van der Waals surface area contributed by atoms with Crippen LogP contribution in [0, 0.1) is 17.8 Å². The third kappa shape index (κ3) is 5.83. The molecule has 0 saturated carbocycles. The summed E-state index contributed by atoms with van der Waals surface area (Å²) < 4.78 is 26.4. The van der Waals surface area contributed by atoms with E-state index in [1.165, 1.54) is 0 Å². The summed E-state index contributed by atoms with van der Waals surface area (Å²) in [5.41, 5.74) is 6.32. The number of nitrogens with two attached hydrogens (primary N) is 1. The highest BCUT2D eigenvalue weighted by Gasteiger charge is 2.12. The Balaban J connectivity index is 2.88. The average Bonchev–Trinajstić information content (AvgIpc) is 2.37. The molecule has 0 atom stereocenters. The first-order valence-corrected chi connectivity index (χ1v) is 8.36. The van der Waals surface area contributed by atoms with E-state index in [1.54, 1.807) is 18.2 Å². The summed E-state index contributed by atoms with van der Waals surface area (Å²) >= 11 is 5.99. The second-order valence-corrected chi connectivity index (χ2v) is 7.05. The summed E-state index contributed by atoms with van der Waals surface area (Å²) in [5, 5.41) is 0.469. The lowest BCUT2D eigenvalue weighted by Gasteiger charge is -2.10. The van der Waals surface area contributed by atoms with Crippen molar-refractivity contribution in [3.05, 3.63) is 28.8 Å². The summed E-state index contributed by atoms with van der Waals surface area (Å²) in [6, 6.07) is 4.84. The fourth-order valence-electron chi connectivity index (χ4n) is 1.45. The zero-order valence-electron chi connectivity index (χ0n) is 11.6. The smallest absolute Gasteiger partial charge is 0.232 e. The molecule has 0 aliphatic heterocycles. The second-order valence-electron chi connectivity index (χ2n) is 4.80. The van der Waals surface area contributed by atoms with Crippen LogP contribution in [0.15, 0.2) is 18.2 Å². The number of benzene rings is 1. The summed E-state index contributed by atoms with van der Waals surface area (Å²) in [4.78, 5) is 0. The third-order valence-electron chi connectivity index (χ3n) is 2.53. The first kappa shape index (κ1) is 16.8. The van der Waals surface area contributed by atoms with E-state index in [2.05, 4.69) is 16.6 Å². The SMILES string of the molecule is CC(C)CCS(=O)(=O)Nc1ccc(Cl)c(C#CCN)c1. The van der Waals surface area contributed by atoms with Gasteiger partial charge in [0.25, 0.3) is 0 Å². The van der Waals surface area contributed by atoms with Gasteiger partial charge in [-0.3, -0.25) is 4.72 Å². The van der Waals surface area contributed by atoms with Crippen LogP contribution in [0.25, 0.3) is 0 Å². The van der Waals surface area contributed by atoms with Gasteiger partial charge in [-0.1, -0.05) is 37.3 Å². The van der Waals surface area contributed by atoms with Crippen molar-refractivity contribution in [3.8, 4) is 11.8 Å². The van der Waals surface area contributed by atoms with Crippen molar-refractivity contribution in [3.63, 3.8) is 0 Å². The molecule has 1 rings (SSSR count). The Bertz CT molecular complexity index is 616. The molecular weight excluding hydrogens is 296 g/mol. The second kappa shape index (κ2) is 7.53. The summed E-state index contributed by atoms with van der Waals surface area (Å²) in [7, 11) is -3.35. The van der Waals surface area contributed by atoms with Gasteiger partial charge in [0.05, 0.1) is 17.3 Å². The number of anilines is 1. The number of hydrogen-bond donors (Lipinski definition) is 2. The van der Waals surface area contributed by atoms with Crippen molar-refractivity contribution >= 4 is 27.3 Å². The summed E-state index contributed by atoms with van der Waals surface area (Å²) in [5.74, 6) is 5.93. The number of halogens is 1. The molecule has 110 valence electrons. The Morgan fingerprint density at radius 3 is 2.70 bits per heavy atom. The van der Waals surface area contributed by atoms with E-state index >= 15 is 0 Å². The maximum atomic E-state index is 11.9. The van der Waals surface area contributed by atoms with Gasteiger partial charge in [0.15, 0.2) is 0 Å². The number of sulfonamides is 1. The molecule has 1 aromatic rings. The van der Waals surface area contributed by atoms with Crippen LogP contribution in [0.3, 0.4) is 0 Å². The Kier molecular flexibility index (Phi) is 6.34. The third-order valence-corrected chi connectivity index (χ3v) is 4.18. The van der Waals surface area contributed by atoms with Gasteiger partial charge in [0, 0.05) is 11.3 Å². The van der Waals surface area contributed by atoms with Crippen molar-refractivity contribution in [1.29, 1.82) is 0 Å². The van der Waals surface area contributed by atoms with Crippen LogP contribution in [0.2, 0.25) is 5.02 Å². The molecule has 0 fully saturated rings. The largest absolute Gasteiger partial charge is 0.320 e. The maximum absolute atomic E-state index is 11.9. The first-order valence-electron chi connectivity index (χ1n) is 6.33. The van der Waals surface area contributed by atoms with Crippen molar-refractivity contribution in [2.45, 2.75) is 20.3 Å². The highest BCUT2D eigenvalue weighted by atomic mass is 35.5. The fraction of sp³-hybridized carbons (Fsp3) is 0.429. The van der Waals surface area contributed by atoms with Gasteiger partial charge in [0.1, 0.15) is 0 Å². The van der Waals surface area contributed by atoms with E-state index in [1.807, 2.05) is 13.8 Å². The summed E-state index contributed by atoms with van der Waals surface area (Å²) in [6.45, 7) is 4.19. The minimum Gasteiger partial charge on any atom is -0.320 e. The monoisotopic (exact) mass is 314 g/mol. The molecule has 20 heavy (non-hydrogen) atoms. The minimum atomic E-state index is -3.35. The Morgan fingerprint density at radius 2 is 2.10 bits per heavy atom. The highest BCUT2D eigenvalue weighted by Crippen LogP contribution is 2.20. The van der Waals surface area contributed by atoms with Crippen LogP contribution in [-0.4, -0.2) is 20.7 Å². The average molecular weight is 315 g/mol. The van der Waals surface area contributed by atoms with Crippen molar-refractivity contribution in [2.75, 3.05) is 17.0 Å². The van der Waals surface area contributed by atoms with E-state index < -0.39 is 10.0 Å². The molecule has 3 N–H and O–H groups in total. The van der Waals surface area contributed by atoms with Gasteiger partial charge in [-0.05, 0) is 30.5 Å². The van der Waals surface area contributed by atoms with Gasteiger partial charge >= 0.3 is 0 Å². The van der Waals surface area contributed by atoms with Crippen LogP contribution in [0.1, 0.15) is 25.8 Å². The molecular formula is C14H19ClN2O2S. The quantitative estimate of drug-likeness (QED) is 0.820. The molecule has 0 amide bonds. The molecule has 0 aliphatic carbocycles. The normalized spacial score (nSPS) is 11.1. The van der Waals surface area contributed by atoms with E-state index in [0.29, 0.717) is 28.6 Å². The standard InChI is InChI=1S/C14H19ClN2O2S/c1-11(2)7-9-20(18,19)17-13-5-6-14(15)12(10-13)4-3-8-16/h5-6,10-11,17H,7-9,16H2,1-2H3. The van der Waals surface area contributed by atoms with Gasteiger partial charge in [0.2, 0.25) is 10.0 Å². The molecule has 1 aromatic carbocycles. The molecule has 4 nitrogen and oxygen atoms in total. The van der Waals surface area contributed by atoms with E-state index in [-0.39, 0.29) is 12.3 Å². The zero-order chi connectivity index (χ0) is 15.2. The molecule has 0 aromatic heterocycles. The predicted octanol–water partition coefficient (Wildman–Crippen LogP) is 2.44. The Morgan fingerprint density at radius 1 is 1.40 bits per heavy atom. The lowest BCUT2D eigenvalue weighted by Crippen LogP contribution is -2.17. The molecule has 6 heteroatoms. The lowest BCUT2D eigenvalue weighted by molar-refractivity contribution is 0.578. The van der Waals surface area contributed by atoms with E-state index in [4.69, 9.17) is 17.3 Å². The minimum absolute atomic E-state index is 0.0944. The maximum Gasteiger partial charge on any atom is 0.232 e. The molecule has 0 bridgehead atoms.